The van der Waals surface area contributed by atoms with Crippen LogP contribution in [0.4, 0.5) is 0 Å². The zero-order valence-corrected chi connectivity index (χ0v) is 26.4. The van der Waals surface area contributed by atoms with Crippen LogP contribution in [0.2, 0.25) is 5.02 Å². The lowest BCUT2D eigenvalue weighted by Crippen LogP contribution is -2.42. The summed E-state index contributed by atoms with van der Waals surface area (Å²) in [6, 6.07) is 15.3. The number of hydrogen-bond donors (Lipinski definition) is 1. The Hall–Kier alpha value is -3.88. The molecule has 0 radical (unpaired) electrons. The van der Waals surface area contributed by atoms with Crippen molar-refractivity contribution in [3.05, 3.63) is 98.0 Å². The highest BCUT2D eigenvalue weighted by Crippen LogP contribution is 2.33. The van der Waals surface area contributed by atoms with E-state index in [1.165, 1.54) is 11.3 Å². The molecule has 9 heteroatoms. The lowest BCUT2D eigenvalue weighted by atomic mass is 9.98. The van der Waals surface area contributed by atoms with Gasteiger partial charge in [-0.3, -0.25) is 14.2 Å². The van der Waals surface area contributed by atoms with Gasteiger partial charge in [0, 0.05) is 52.2 Å². The van der Waals surface area contributed by atoms with Crippen LogP contribution in [0, 0.1) is 5.92 Å². The van der Waals surface area contributed by atoms with Gasteiger partial charge in [-0.25, -0.2) is 4.98 Å². The van der Waals surface area contributed by atoms with Crippen LogP contribution in [0.1, 0.15) is 55.2 Å². The van der Waals surface area contributed by atoms with Gasteiger partial charge in [0.1, 0.15) is 10.8 Å². The molecule has 6 rings (SSSR count). The number of aromatic nitrogens is 2. The third kappa shape index (κ3) is 5.74. The average molecular weight is 615 g/mol. The highest BCUT2D eigenvalue weighted by Gasteiger charge is 2.32. The van der Waals surface area contributed by atoms with Crippen LogP contribution in [-0.2, 0) is 12.8 Å². The molecule has 43 heavy (non-hydrogen) atoms. The molecule has 0 spiro atoms. The van der Waals surface area contributed by atoms with E-state index >= 15 is 0 Å². The minimum atomic E-state index is -0.203. The summed E-state index contributed by atoms with van der Waals surface area (Å²) < 4.78 is 7.34. The van der Waals surface area contributed by atoms with E-state index in [0.717, 1.165) is 41.0 Å². The summed E-state index contributed by atoms with van der Waals surface area (Å²) in [7, 11) is 1.62. The van der Waals surface area contributed by atoms with Gasteiger partial charge in [-0.15, -0.1) is 11.3 Å². The molecule has 0 aliphatic carbocycles. The normalized spacial score (nSPS) is 15.9. The van der Waals surface area contributed by atoms with Crippen molar-refractivity contribution < 1.29 is 9.53 Å². The number of carbonyl (C=O) groups is 1. The fraction of sp³-hybridized carbons (Fsp3) is 0.324. The number of nitrogens with one attached hydrogen (secondary N) is 1. The second-order valence-electron chi connectivity index (χ2n) is 11.5. The number of aryl methyl sites for hydroxylation is 1. The Morgan fingerprint density at radius 3 is 2.67 bits per heavy atom. The molecule has 2 aliphatic heterocycles. The SMILES string of the molecule is CCc1ccc(OC)cc1-n1c(CC(C)C)c(C(=O)N2C=C3CC[C@H](C2)N3)cc(-c2nc(-c3ccc(Cl)cc3)cs2)c1=O. The maximum absolute atomic E-state index is 14.6. The van der Waals surface area contributed by atoms with E-state index in [4.69, 9.17) is 21.3 Å². The number of halogens is 1. The van der Waals surface area contributed by atoms with Crippen molar-refractivity contribution >= 4 is 28.8 Å². The molecule has 2 aromatic heterocycles. The first-order valence-electron chi connectivity index (χ1n) is 14.7. The first-order valence-corrected chi connectivity index (χ1v) is 16.0. The van der Waals surface area contributed by atoms with Gasteiger partial charge in [-0.2, -0.15) is 0 Å². The van der Waals surface area contributed by atoms with Gasteiger partial charge in [-0.05, 0) is 61.4 Å². The topological polar surface area (TPSA) is 76.5 Å². The number of benzene rings is 2. The number of carbonyl (C=O) groups excluding carboxylic acids is 1. The molecule has 1 fully saturated rings. The summed E-state index contributed by atoms with van der Waals surface area (Å²) in [5.74, 6) is 0.746. The highest BCUT2D eigenvalue weighted by molar-refractivity contribution is 7.13. The van der Waals surface area contributed by atoms with E-state index in [-0.39, 0.29) is 23.4 Å². The highest BCUT2D eigenvalue weighted by atomic mass is 35.5. The molecule has 1 N–H and O–H groups in total. The number of hydrogen-bond acceptors (Lipinski definition) is 6. The number of thiazole rings is 1. The van der Waals surface area contributed by atoms with Crippen LogP contribution in [0.25, 0.3) is 27.5 Å². The van der Waals surface area contributed by atoms with E-state index in [0.29, 0.717) is 52.0 Å². The van der Waals surface area contributed by atoms with E-state index in [1.54, 1.807) is 17.7 Å². The Morgan fingerprint density at radius 2 is 1.98 bits per heavy atom. The van der Waals surface area contributed by atoms with Crippen molar-refractivity contribution in [2.75, 3.05) is 13.7 Å². The van der Waals surface area contributed by atoms with Crippen LogP contribution in [0.3, 0.4) is 0 Å². The predicted molar refractivity (Wildman–Crippen MR) is 173 cm³/mol. The van der Waals surface area contributed by atoms with Gasteiger partial charge < -0.3 is 15.0 Å². The maximum atomic E-state index is 14.6. The first kappa shape index (κ1) is 29.2. The van der Waals surface area contributed by atoms with Gasteiger partial charge in [0.25, 0.3) is 11.5 Å². The van der Waals surface area contributed by atoms with Crippen LogP contribution in [-0.4, -0.2) is 40.1 Å². The summed E-state index contributed by atoms with van der Waals surface area (Å²) in [5.41, 5.74) is 5.88. The predicted octanol–water partition coefficient (Wildman–Crippen LogP) is 7.10. The van der Waals surface area contributed by atoms with Crippen molar-refractivity contribution in [2.24, 2.45) is 5.92 Å². The van der Waals surface area contributed by atoms with Crippen LogP contribution in [0.5, 0.6) is 5.75 Å². The van der Waals surface area contributed by atoms with Gasteiger partial charge in [0.2, 0.25) is 0 Å². The maximum Gasteiger partial charge on any atom is 0.265 e. The van der Waals surface area contributed by atoms with Gasteiger partial charge >= 0.3 is 0 Å². The number of allylic oxidation sites excluding steroid dienone is 1. The van der Waals surface area contributed by atoms with Crippen LogP contribution in [0.15, 0.2) is 70.6 Å². The fourth-order valence-corrected chi connectivity index (χ4v) is 6.87. The third-order valence-corrected chi connectivity index (χ3v) is 9.19. The second-order valence-corrected chi connectivity index (χ2v) is 12.8. The molecule has 222 valence electrons. The zero-order valence-electron chi connectivity index (χ0n) is 24.8. The molecule has 1 atom stereocenters. The molecule has 7 nitrogen and oxygen atoms in total. The van der Waals surface area contributed by atoms with E-state index < -0.39 is 0 Å². The second kappa shape index (κ2) is 12.0. The van der Waals surface area contributed by atoms with Crippen molar-refractivity contribution in [1.82, 2.24) is 19.8 Å². The van der Waals surface area contributed by atoms with Crippen LogP contribution < -0.4 is 15.6 Å². The van der Waals surface area contributed by atoms with Crippen molar-refractivity contribution in [3.63, 3.8) is 0 Å². The summed E-state index contributed by atoms with van der Waals surface area (Å²) in [6.45, 7) is 6.87. The molecule has 2 aliphatic rings. The third-order valence-electron chi connectivity index (χ3n) is 8.07. The van der Waals surface area contributed by atoms with E-state index in [2.05, 4.69) is 26.1 Å². The minimum absolute atomic E-state index is 0.105. The van der Waals surface area contributed by atoms with Crippen molar-refractivity contribution in [3.8, 4) is 33.3 Å². The smallest absolute Gasteiger partial charge is 0.265 e. The van der Waals surface area contributed by atoms with Gasteiger partial charge in [-0.1, -0.05) is 50.6 Å². The monoisotopic (exact) mass is 614 g/mol. The molecule has 0 unspecified atom stereocenters. The van der Waals surface area contributed by atoms with Crippen molar-refractivity contribution in [1.29, 1.82) is 0 Å². The molecule has 1 saturated heterocycles. The molecular formula is C34H35ClN4O3S. The van der Waals surface area contributed by atoms with Gasteiger partial charge in [0.05, 0.1) is 29.6 Å². The lowest BCUT2D eigenvalue weighted by molar-refractivity contribution is 0.0803. The number of rotatable bonds is 8. The Morgan fingerprint density at radius 1 is 1.19 bits per heavy atom. The molecular weight excluding hydrogens is 580 g/mol. The number of pyridine rings is 1. The number of amides is 1. The zero-order chi connectivity index (χ0) is 30.2. The number of ether oxygens (including phenoxy) is 1. The minimum Gasteiger partial charge on any atom is -0.497 e. The summed E-state index contributed by atoms with van der Waals surface area (Å²) in [5, 5.41) is 6.63. The molecule has 2 aromatic carbocycles. The first-order chi connectivity index (χ1) is 20.7. The standard InChI is InChI=1S/C34H35ClN4O3S/c1-5-21-8-13-26(42-4)15-30(21)39-31(14-20(2)3)27(33(40)38-17-24-11-12-25(18-38)36-24)16-28(34(39)41)32-37-29(19-43-32)22-6-9-23(35)10-7-22/h6-10,13,15-17,19-20,25,36H,5,11-12,14,18H2,1-4H3/t25-/m1/s1. The summed E-state index contributed by atoms with van der Waals surface area (Å²) in [4.78, 5) is 35.7. The molecule has 2 bridgehead atoms. The largest absolute Gasteiger partial charge is 0.497 e. The van der Waals surface area contributed by atoms with Gasteiger partial charge in [0.15, 0.2) is 0 Å². The van der Waals surface area contributed by atoms with Crippen LogP contribution >= 0.6 is 22.9 Å². The Labute approximate surface area is 260 Å². The Bertz CT molecular complexity index is 1770. The molecule has 4 aromatic rings. The number of nitrogens with zero attached hydrogens (tertiary/aromatic N) is 3. The average Bonchev–Trinajstić information content (AvgIpc) is 3.62. The molecule has 4 heterocycles. The molecule has 0 saturated carbocycles. The number of methoxy groups -OCH3 is 1. The van der Waals surface area contributed by atoms with Crippen molar-refractivity contribution in [2.45, 2.75) is 52.5 Å². The fourth-order valence-electron chi connectivity index (χ4n) is 5.91. The Balaban J connectivity index is 1.60. The van der Waals surface area contributed by atoms with E-state index in [9.17, 15) is 9.59 Å². The quantitative estimate of drug-likeness (QED) is 0.229. The lowest BCUT2D eigenvalue weighted by Gasteiger charge is -2.29. The Kier molecular flexibility index (Phi) is 8.16. The van der Waals surface area contributed by atoms with E-state index in [1.807, 2.05) is 58.9 Å². The summed E-state index contributed by atoms with van der Waals surface area (Å²) in [6.07, 6.45) is 5.15. The molecule has 1 amide bonds. The summed E-state index contributed by atoms with van der Waals surface area (Å²) >= 11 is 7.51. The number of fused-ring (bicyclic) bond motifs is 2.